The van der Waals surface area contributed by atoms with Crippen molar-refractivity contribution in [2.75, 3.05) is 5.75 Å². The third kappa shape index (κ3) is 3.77. The summed E-state index contributed by atoms with van der Waals surface area (Å²) >= 11 is 3.98. The van der Waals surface area contributed by atoms with Crippen LogP contribution in [0.4, 0.5) is 0 Å². The Bertz CT molecular complexity index is 97.8. The Kier molecular flexibility index (Phi) is 5.49. The Morgan fingerprint density at radius 3 is 2.50 bits per heavy atom. The van der Waals surface area contributed by atoms with Crippen molar-refractivity contribution in [3.8, 4) is 0 Å². The molecule has 0 aromatic heterocycles. The van der Waals surface area contributed by atoms with Crippen molar-refractivity contribution in [3.05, 3.63) is 0 Å². The monoisotopic (exact) mass is 162 g/mol. The summed E-state index contributed by atoms with van der Waals surface area (Å²) in [5.74, 6) is -0.199. The van der Waals surface area contributed by atoms with Crippen LogP contribution in [-0.4, -0.2) is 16.8 Å². The van der Waals surface area contributed by atoms with Gasteiger partial charge in [-0.2, -0.15) is 12.6 Å². The molecule has 0 aromatic rings. The van der Waals surface area contributed by atoms with Gasteiger partial charge in [0.15, 0.2) is 0 Å². The predicted molar refractivity (Wildman–Crippen MR) is 44.5 cm³/mol. The van der Waals surface area contributed by atoms with E-state index < -0.39 is 5.97 Å². The van der Waals surface area contributed by atoms with Crippen molar-refractivity contribution in [2.24, 2.45) is 5.92 Å². The highest BCUT2D eigenvalue weighted by Crippen LogP contribution is 2.11. The van der Waals surface area contributed by atoms with E-state index in [-0.39, 0.29) is 5.92 Å². The van der Waals surface area contributed by atoms with Crippen molar-refractivity contribution in [2.45, 2.75) is 26.2 Å². The van der Waals surface area contributed by atoms with Gasteiger partial charge in [0, 0.05) is 0 Å². The zero-order valence-electron chi connectivity index (χ0n) is 6.21. The van der Waals surface area contributed by atoms with E-state index in [2.05, 4.69) is 12.6 Å². The van der Waals surface area contributed by atoms with Crippen LogP contribution >= 0.6 is 12.6 Å². The summed E-state index contributed by atoms with van der Waals surface area (Å²) in [6.07, 6.45) is 2.40. The average Bonchev–Trinajstić information content (AvgIpc) is 1.87. The van der Waals surface area contributed by atoms with Gasteiger partial charge in [0.05, 0.1) is 5.92 Å². The standard InChI is InChI=1S/C7H14O2S/c1-2-3-6(4-5-10)7(8)9/h6,10H,2-5H2,1H3,(H,8,9)/t6-/m1/s1. The van der Waals surface area contributed by atoms with E-state index in [1.165, 1.54) is 0 Å². The topological polar surface area (TPSA) is 37.3 Å². The van der Waals surface area contributed by atoms with Crippen LogP contribution in [0.15, 0.2) is 0 Å². The van der Waals surface area contributed by atoms with E-state index in [9.17, 15) is 4.79 Å². The first kappa shape index (κ1) is 9.82. The molecule has 0 aromatic carbocycles. The summed E-state index contributed by atoms with van der Waals surface area (Å²) in [6, 6.07) is 0. The third-order valence-electron chi connectivity index (χ3n) is 1.46. The van der Waals surface area contributed by atoms with Crippen molar-refractivity contribution in [1.29, 1.82) is 0 Å². The van der Waals surface area contributed by atoms with Crippen LogP contribution in [0, 0.1) is 5.92 Å². The van der Waals surface area contributed by atoms with Crippen molar-refractivity contribution in [3.63, 3.8) is 0 Å². The highest BCUT2D eigenvalue weighted by Gasteiger charge is 2.14. The van der Waals surface area contributed by atoms with E-state index in [4.69, 9.17) is 5.11 Å². The number of thiol groups is 1. The molecular weight excluding hydrogens is 148 g/mol. The number of carbonyl (C=O) groups is 1. The largest absolute Gasteiger partial charge is 0.481 e. The number of carboxylic acid groups (broad SMARTS) is 1. The minimum Gasteiger partial charge on any atom is -0.481 e. The minimum atomic E-state index is -0.684. The maximum atomic E-state index is 10.4. The van der Waals surface area contributed by atoms with Crippen LogP contribution in [0.5, 0.6) is 0 Å². The van der Waals surface area contributed by atoms with Gasteiger partial charge >= 0.3 is 5.97 Å². The predicted octanol–water partition coefficient (Wildman–Crippen LogP) is 1.81. The highest BCUT2D eigenvalue weighted by molar-refractivity contribution is 7.80. The number of hydrogen-bond acceptors (Lipinski definition) is 2. The van der Waals surface area contributed by atoms with E-state index >= 15 is 0 Å². The van der Waals surface area contributed by atoms with Crippen molar-refractivity contribution in [1.82, 2.24) is 0 Å². The van der Waals surface area contributed by atoms with E-state index in [1.54, 1.807) is 0 Å². The molecule has 10 heavy (non-hydrogen) atoms. The van der Waals surface area contributed by atoms with Gasteiger partial charge in [-0.3, -0.25) is 4.79 Å². The summed E-state index contributed by atoms with van der Waals surface area (Å²) in [7, 11) is 0. The molecule has 0 heterocycles. The minimum absolute atomic E-state index is 0.178. The molecule has 0 radical (unpaired) electrons. The molecule has 1 N–H and O–H groups in total. The SMILES string of the molecule is CCC[C@H](CCS)C(=O)O. The van der Waals surface area contributed by atoms with Gasteiger partial charge in [-0.15, -0.1) is 0 Å². The van der Waals surface area contributed by atoms with Gasteiger partial charge in [-0.25, -0.2) is 0 Å². The zero-order chi connectivity index (χ0) is 7.98. The first-order chi connectivity index (χ1) is 4.72. The maximum Gasteiger partial charge on any atom is 0.306 e. The van der Waals surface area contributed by atoms with Crippen LogP contribution in [0.3, 0.4) is 0 Å². The van der Waals surface area contributed by atoms with Crippen LogP contribution in [0.2, 0.25) is 0 Å². The van der Waals surface area contributed by atoms with Gasteiger partial charge in [0.25, 0.3) is 0 Å². The zero-order valence-corrected chi connectivity index (χ0v) is 7.10. The number of hydrogen-bond donors (Lipinski definition) is 2. The molecule has 0 bridgehead atoms. The van der Waals surface area contributed by atoms with Gasteiger partial charge < -0.3 is 5.11 Å². The summed E-state index contributed by atoms with van der Waals surface area (Å²) < 4.78 is 0. The molecule has 1 atom stereocenters. The Morgan fingerprint density at radius 1 is 1.60 bits per heavy atom. The third-order valence-corrected chi connectivity index (χ3v) is 1.72. The molecular formula is C7H14O2S. The van der Waals surface area contributed by atoms with Gasteiger partial charge in [-0.1, -0.05) is 13.3 Å². The fourth-order valence-corrected chi connectivity index (χ4v) is 1.21. The van der Waals surface area contributed by atoms with Gasteiger partial charge in [-0.05, 0) is 18.6 Å². The lowest BCUT2D eigenvalue weighted by Gasteiger charge is -2.07. The molecule has 2 nitrogen and oxygen atoms in total. The first-order valence-corrected chi connectivity index (χ1v) is 4.19. The van der Waals surface area contributed by atoms with Crippen LogP contribution in [0.25, 0.3) is 0 Å². The Morgan fingerprint density at radius 2 is 2.20 bits per heavy atom. The van der Waals surface area contributed by atoms with E-state index in [0.717, 1.165) is 12.8 Å². The number of aliphatic carboxylic acids is 1. The average molecular weight is 162 g/mol. The van der Waals surface area contributed by atoms with E-state index in [1.807, 2.05) is 6.92 Å². The lowest BCUT2D eigenvalue weighted by atomic mass is 10.0. The molecule has 0 amide bonds. The second-order valence-electron chi connectivity index (χ2n) is 2.34. The lowest BCUT2D eigenvalue weighted by molar-refractivity contribution is -0.142. The van der Waals surface area contributed by atoms with Crippen LogP contribution < -0.4 is 0 Å². The summed E-state index contributed by atoms with van der Waals surface area (Å²) in [4.78, 5) is 10.4. The number of rotatable bonds is 5. The van der Waals surface area contributed by atoms with E-state index in [0.29, 0.717) is 12.2 Å². The molecule has 0 aliphatic carbocycles. The molecule has 3 heteroatoms. The molecule has 60 valence electrons. The molecule has 0 saturated carbocycles. The molecule has 0 aliphatic heterocycles. The maximum absolute atomic E-state index is 10.4. The lowest BCUT2D eigenvalue weighted by Crippen LogP contribution is -2.13. The summed E-state index contributed by atoms with van der Waals surface area (Å²) in [5.41, 5.74) is 0. The fourth-order valence-electron chi connectivity index (χ4n) is 0.896. The second-order valence-corrected chi connectivity index (χ2v) is 2.78. The second kappa shape index (κ2) is 5.59. The highest BCUT2D eigenvalue weighted by atomic mass is 32.1. The van der Waals surface area contributed by atoms with Gasteiger partial charge in [0.2, 0.25) is 0 Å². The summed E-state index contributed by atoms with van der Waals surface area (Å²) in [5, 5.41) is 8.60. The molecule has 0 fully saturated rings. The molecule has 0 spiro atoms. The normalized spacial score (nSPS) is 13.0. The number of carboxylic acids is 1. The Balaban J connectivity index is 3.61. The van der Waals surface area contributed by atoms with Crippen LogP contribution in [-0.2, 0) is 4.79 Å². The Hall–Kier alpha value is -0.180. The van der Waals surface area contributed by atoms with Crippen molar-refractivity contribution < 1.29 is 9.90 Å². The van der Waals surface area contributed by atoms with Gasteiger partial charge in [0.1, 0.15) is 0 Å². The van der Waals surface area contributed by atoms with Crippen LogP contribution in [0.1, 0.15) is 26.2 Å². The smallest absolute Gasteiger partial charge is 0.306 e. The fraction of sp³-hybridized carbons (Fsp3) is 0.857. The quantitative estimate of drug-likeness (QED) is 0.605. The van der Waals surface area contributed by atoms with Crippen molar-refractivity contribution >= 4 is 18.6 Å². The molecule has 0 aliphatic rings. The molecule has 0 saturated heterocycles. The molecule has 0 rings (SSSR count). The molecule has 0 unspecified atom stereocenters. The summed E-state index contributed by atoms with van der Waals surface area (Å²) in [6.45, 7) is 1.99. The first-order valence-electron chi connectivity index (χ1n) is 3.56. The Labute approximate surface area is 67.0 Å².